The van der Waals surface area contributed by atoms with Gasteiger partial charge in [-0.3, -0.25) is 0 Å². The Bertz CT molecular complexity index is 1190. The van der Waals surface area contributed by atoms with Crippen molar-refractivity contribution in [3.8, 4) is 0 Å². The van der Waals surface area contributed by atoms with Gasteiger partial charge in [0.2, 0.25) is 0 Å². The highest BCUT2D eigenvalue weighted by molar-refractivity contribution is 5.92. The van der Waals surface area contributed by atoms with E-state index < -0.39 is 0 Å². The molecule has 0 saturated heterocycles. The number of nitrogens with zero attached hydrogens (tertiary/aromatic N) is 2. The standard InChI is InChI=1S/C23H20FN5/c1-15-5-7-22-20(9-15)23(28-14-27-22)29-19-6-8-21(17(11-19)12-25)26-13-16-3-2-4-18(24)10-16/h2-12,14,25-26H,13H2,1H3,(H,27,28,29). The fraction of sp³-hybridized carbons (Fsp3) is 0.0870. The summed E-state index contributed by atoms with van der Waals surface area (Å²) < 4.78 is 13.4. The van der Waals surface area contributed by atoms with Gasteiger partial charge in [-0.2, -0.15) is 0 Å². The van der Waals surface area contributed by atoms with Crippen molar-refractivity contribution >= 4 is 34.3 Å². The predicted octanol–water partition coefficient (Wildman–Crippen LogP) is 5.43. The van der Waals surface area contributed by atoms with Gasteiger partial charge < -0.3 is 16.0 Å². The Balaban J connectivity index is 1.57. The fourth-order valence-electron chi connectivity index (χ4n) is 3.17. The molecular weight excluding hydrogens is 365 g/mol. The predicted molar refractivity (Wildman–Crippen MR) is 116 cm³/mol. The van der Waals surface area contributed by atoms with Gasteiger partial charge in [0.1, 0.15) is 18.0 Å². The van der Waals surface area contributed by atoms with Gasteiger partial charge in [0.15, 0.2) is 0 Å². The Morgan fingerprint density at radius 3 is 2.76 bits per heavy atom. The van der Waals surface area contributed by atoms with Crippen molar-refractivity contribution in [2.75, 3.05) is 10.6 Å². The lowest BCUT2D eigenvalue weighted by Crippen LogP contribution is -2.03. The number of aromatic nitrogens is 2. The highest BCUT2D eigenvalue weighted by Gasteiger charge is 2.07. The van der Waals surface area contributed by atoms with Gasteiger partial charge in [-0.1, -0.05) is 23.8 Å². The van der Waals surface area contributed by atoms with Crippen LogP contribution in [0.4, 0.5) is 21.6 Å². The third-order valence-corrected chi connectivity index (χ3v) is 4.63. The van der Waals surface area contributed by atoms with Crippen molar-refractivity contribution in [2.24, 2.45) is 0 Å². The average molecular weight is 385 g/mol. The number of aryl methyl sites for hydroxylation is 1. The van der Waals surface area contributed by atoms with E-state index in [0.29, 0.717) is 6.54 Å². The number of fused-ring (bicyclic) bond motifs is 1. The van der Waals surface area contributed by atoms with Gasteiger partial charge in [0, 0.05) is 35.1 Å². The normalized spacial score (nSPS) is 10.7. The summed E-state index contributed by atoms with van der Waals surface area (Å²) in [5, 5.41) is 15.3. The molecule has 1 heterocycles. The lowest BCUT2D eigenvalue weighted by molar-refractivity contribution is 0.626. The van der Waals surface area contributed by atoms with Crippen molar-refractivity contribution in [3.05, 3.63) is 89.5 Å². The zero-order valence-corrected chi connectivity index (χ0v) is 15.9. The third-order valence-electron chi connectivity index (χ3n) is 4.63. The Kier molecular flexibility index (Phi) is 5.16. The van der Waals surface area contributed by atoms with E-state index in [4.69, 9.17) is 5.41 Å². The molecule has 0 aliphatic carbocycles. The molecule has 0 atom stereocenters. The maximum Gasteiger partial charge on any atom is 0.141 e. The first-order valence-electron chi connectivity index (χ1n) is 9.23. The zero-order chi connectivity index (χ0) is 20.2. The van der Waals surface area contributed by atoms with E-state index in [1.165, 1.54) is 24.7 Å². The molecule has 6 heteroatoms. The van der Waals surface area contributed by atoms with Crippen LogP contribution >= 0.6 is 0 Å². The summed E-state index contributed by atoms with van der Waals surface area (Å²) in [5.74, 6) is 0.457. The van der Waals surface area contributed by atoms with Gasteiger partial charge in [-0.25, -0.2) is 14.4 Å². The average Bonchev–Trinajstić information content (AvgIpc) is 2.73. The summed E-state index contributed by atoms with van der Waals surface area (Å²) >= 11 is 0. The summed E-state index contributed by atoms with van der Waals surface area (Å²) in [7, 11) is 0. The molecule has 4 rings (SSSR count). The lowest BCUT2D eigenvalue weighted by Gasteiger charge is -2.13. The number of halogens is 1. The summed E-state index contributed by atoms with van der Waals surface area (Å²) in [6.07, 6.45) is 2.83. The smallest absolute Gasteiger partial charge is 0.141 e. The molecule has 5 nitrogen and oxygen atoms in total. The van der Waals surface area contributed by atoms with Crippen LogP contribution in [-0.2, 0) is 6.54 Å². The Morgan fingerprint density at radius 2 is 1.93 bits per heavy atom. The molecule has 4 aromatic rings. The Labute approximate surface area is 168 Å². The van der Waals surface area contributed by atoms with E-state index in [1.54, 1.807) is 6.07 Å². The maximum atomic E-state index is 13.4. The molecule has 0 spiro atoms. The Hall–Kier alpha value is -3.80. The molecular formula is C23H20FN5. The molecule has 0 fully saturated rings. The van der Waals surface area contributed by atoms with Crippen LogP contribution < -0.4 is 10.6 Å². The lowest BCUT2D eigenvalue weighted by atomic mass is 10.1. The van der Waals surface area contributed by atoms with Gasteiger partial charge in [0.25, 0.3) is 0 Å². The van der Waals surface area contributed by atoms with Crippen LogP contribution in [0.5, 0.6) is 0 Å². The highest BCUT2D eigenvalue weighted by atomic mass is 19.1. The van der Waals surface area contributed by atoms with Crippen LogP contribution in [-0.4, -0.2) is 16.2 Å². The third kappa shape index (κ3) is 4.21. The SMILES string of the molecule is Cc1ccc2ncnc(Nc3ccc(NCc4cccc(F)c4)c(C=N)c3)c2c1. The fourth-order valence-corrected chi connectivity index (χ4v) is 3.17. The first-order chi connectivity index (χ1) is 14.1. The van der Waals surface area contributed by atoms with Crippen LogP contribution in [0.2, 0.25) is 0 Å². The van der Waals surface area contributed by atoms with Gasteiger partial charge in [-0.15, -0.1) is 0 Å². The molecule has 0 aliphatic rings. The van der Waals surface area contributed by atoms with Crippen molar-refractivity contribution < 1.29 is 4.39 Å². The number of hydrogen-bond acceptors (Lipinski definition) is 5. The molecule has 144 valence electrons. The summed E-state index contributed by atoms with van der Waals surface area (Å²) in [6.45, 7) is 2.50. The van der Waals surface area contributed by atoms with Gasteiger partial charge in [0.05, 0.1) is 5.52 Å². The van der Waals surface area contributed by atoms with Crippen molar-refractivity contribution in [3.63, 3.8) is 0 Å². The van der Waals surface area contributed by atoms with Gasteiger partial charge >= 0.3 is 0 Å². The van der Waals surface area contributed by atoms with Crippen LogP contribution in [0.1, 0.15) is 16.7 Å². The minimum absolute atomic E-state index is 0.261. The van der Waals surface area contributed by atoms with E-state index >= 15 is 0 Å². The van der Waals surface area contributed by atoms with Crippen molar-refractivity contribution in [1.29, 1.82) is 5.41 Å². The number of benzene rings is 3. The second-order valence-electron chi connectivity index (χ2n) is 6.80. The summed E-state index contributed by atoms with van der Waals surface area (Å²) in [6, 6.07) is 18.2. The van der Waals surface area contributed by atoms with Crippen LogP contribution in [0, 0.1) is 18.2 Å². The molecule has 0 radical (unpaired) electrons. The highest BCUT2D eigenvalue weighted by Crippen LogP contribution is 2.26. The quantitative estimate of drug-likeness (QED) is 0.387. The monoisotopic (exact) mass is 385 g/mol. The summed E-state index contributed by atoms with van der Waals surface area (Å²) in [4.78, 5) is 8.68. The van der Waals surface area contributed by atoms with E-state index in [-0.39, 0.29) is 5.82 Å². The second kappa shape index (κ2) is 8.06. The number of nitrogens with one attached hydrogen (secondary N) is 3. The zero-order valence-electron chi connectivity index (χ0n) is 15.9. The molecule has 0 saturated carbocycles. The first kappa shape index (κ1) is 18.6. The van der Waals surface area contributed by atoms with E-state index in [1.807, 2.05) is 49.4 Å². The largest absolute Gasteiger partial charge is 0.380 e. The summed E-state index contributed by atoms with van der Waals surface area (Å²) in [5.41, 5.74) is 5.19. The molecule has 3 N–H and O–H groups in total. The molecule has 3 aromatic carbocycles. The minimum atomic E-state index is -0.261. The van der Waals surface area contributed by atoms with E-state index in [2.05, 4.69) is 20.6 Å². The van der Waals surface area contributed by atoms with Crippen molar-refractivity contribution in [1.82, 2.24) is 9.97 Å². The minimum Gasteiger partial charge on any atom is -0.380 e. The molecule has 0 amide bonds. The van der Waals surface area contributed by atoms with Gasteiger partial charge in [-0.05, 0) is 55.0 Å². The molecule has 0 aliphatic heterocycles. The number of anilines is 3. The first-order valence-corrected chi connectivity index (χ1v) is 9.23. The maximum absolute atomic E-state index is 13.4. The second-order valence-corrected chi connectivity index (χ2v) is 6.80. The molecule has 29 heavy (non-hydrogen) atoms. The van der Waals surface area contributed by atoms with E-state index in [9.17, 15) is 4.39 Å². The van der Waals surface area contributed by atoms with Crippen molar-refractivity contribution in [2.45, 2.75) is 13.5 Å². The molecule has 0 bridgehead atoms. The van der Waals surface area contributed by atoms with Crippen LogP contribution in [0.3, 0.4) is 0 Å². The number of rotatable bonds is 6. The van der Waals surface area contributed by atoms with Crippen LogP contribution in [0.15, 0.2) is 67.0 Å². The number of hydrogen-bond donors (Lipinski definition) is 3. The molecule has 0 unspecified atom stereocenters. The molecule has 1 aromatic heterocycles. The Morgan fingerprint density at radius 1 is 1.03 bits per heavy atom. The van der Waals surface area contributed by atoms with E-state index in [0.717, 1.165) is 44.8 Å². The topological polar surface area (TPSA) is 73.7 Å². The van der Waals surface area contributed by atoms with Crippen LogP contribution in [0.25, 0.3) is 10.9 Å².